The summed E-state index contributed by atoms with van der Waals surface area (Å²) in [6.07, 6.45) is 8.29. The molecule has 7 heteroatoms. The lowest BCUT2D eigenvalue weighted by atomic mass is 9.92. The molecular weight excluding hydrogens is 727 g/mol. The van der Waals surface area contributed by atoms with Gasteiger partial charge in [0, 0.05) is 44.3 Å². The number of hydrogen-bond acceptors (Lipinski definition) is 4. The number of nitrogens with zero attached hydrogens (tertiary/aromatic N) is 3. The molecule has 8 bridgehead atoms. The average molecular weight is 768 g/mol. The van der Waals surface area contributed by atoms with Crippen LogP contribution in [0.5, 0.6) is 0 Å². The molecule has 2 aliphatic heterocycles. The number of aryl methyl sites for hydroxylation is 6. The van der Waals surface area contributed by atoms with Crippen LogP contribution in [0.4, 0.5) is 0 Å². The van der Waals surface area contributed by atoms with E-state index in [4.69, 9.17) is 9.97 Å². The minimum atomic E-state index is -0.979. The monoisotopic (exact) mass is 767 g/mol. The van der Waals surface area contributed by atoms with E-state index in [0.717, 1.165) is 112 Å². The molecule has 0 aliphatic carbocycles. The predicted molar refractivity (Wildman–Crippen MR) is 241 cm³/mol. The van der Waals surface area contributed by atoms with Crippen LogP contribution in [-0.4, -0.2) is 31.0 Å². The number of carboxylic acid groups (broad SMARTS) is 1. The maximum absolute atomic E-state index is 11.9. The number of benzene rings is 4. The number of carboxylic acids is 1. The highest BCUT2D eigenvalue weighted by molar-refractivity contribution is 6.01. The number of aromatic carboxylic acids is 1. The van der Waals surface area contributed by atoms with Crippen molar-refractivity contribution in [3.05, 3.63) is 164 Å². The molecule has 0 spiro atoms. The predicted octanol–water partition coefficient (Wildman–Crippen LogP) is 12.7. The first-order chi connectivity index (χ1) is 28.5. The summed E-state index contributed by atoms with van der Waals surface area (Å²) in [5.41, 5.74) is 22.0. The number of fused-ring (bicyclic) bond motifs is 8. The molecule has 0 atom stereocenters. The maximum Gasteiger partial charge on any atom is 0.335 e. The Bertz CT molecular complexity index is 3090. The fourth-order valence-corrected chi connectivity index (χ4v) is 8.98. The van der Waals surface area contributed by atoms with E-state index in [9.17, 15) is 15.2 Å². The highest BCUT2D eigenvalue weighted by atomic mass is 16.4. The molecule has 286 valence electrons. The zero-order chi connectivity index (χ0) is 41.1. The van der Waals surface area contributed by atoms with Gasteiger partial charge < -0.3 is 15.1 Å². The van der Waals surface area contributed by atoms with Gasteiger partial charge in [-0.15, -0.1) is 0 Å². The third-order valence-electron chi connectivity index (χ3n) is 11.3. The first-order valence-electron chi connectivity index (χ1n) is 19.6. The van der Waals surface area contributed by atoms with Gasteiger partial charge in [0.05, 0.1) is 40.0 Å². The van der Waals surface area contributed by atoms with Crippen LogP contribution in [0.3, 0.4) is 0 Å². The van der Waals surface area contributed by atoms with Crippen LogP contribution in [0.15, 0.2) is 97.1 Å². The Morgan fingerprint density at radius 2 is 0.831 bits per heavy atom. The van der Waals surface area contributed by atoms with Crippen molar-refractivity contribution >= 4 is 52.3 Å². The summed E-state index contributed by atoms with van der Waals surface area (Å²) < 4.78 is 0. The van der Waals surface area contributed by atoms with Crippen molar-refractivity contribution in [2.45, 2.75) is 41.5 Å². The SMILES string of the molecule is Cc1cc(C)c(-c2c3nc(c(-c4ccc(C(=O)O)cc4)c4ccc([nH]4)c(-c4c(C)cc(C)cc4C)c4nc(c(-c5ccc(C#N)cc5)c5ccc2[nH]5)C=C4)C=C3)c(C)c1. The average Bonchev–Trinajstić information content (AvgIpc) is 4.05. The molecule has 2 aliphatic rings. The van der Waals surface area contributed by atoms with E-state index in [0.29, 0.717) is 5.56 Å². The van der Waals surface area contributed by atoms with E-state index in [1.807, 2.05) is 36.4 Å². The molecule has 59 heavy (non-hydrogen) atoms. The Morgan fingerprint density at radius 3 is 1.19 bits per heavy atom. The zero-order valence-electron chi connectivity index (χ0n) is 33.7. The number of nitrogens with one attached hydrogen (secondary N) is 2. The molecule has 0 amide bonds. The van der Waals surface area contributed by atoms with Crippen molar-refractivity contribution in [3.8, 4) is 50.6 Å². The lowest BCUT2D eigenvalue weighted by Gasteiger charge is -2.13. The van der Waals surface area contributed by atoms with Crippen molar-refractivity contribution in [2.75, 3.05) is 0 Å². The molecule has 3 aromatic heterocycles. The normalized spacial score (nSPS) is 11.9. The van der Waals surface area contributed by atoms with Crippen LogP contribution >= 0.6 is 0 Å². The Balaban J connectivity index is 1.49. The third-order valence-corrected chi connectivity index (χ3v) is 11.3. The van der Waals surface area contributed by atoms with E-state index < -0.39 is 5.97 Å². The zero-order valence-corrected chi connectivity index (χ0v) is 33.7. The first-order valence-corrected chi connectivity index (χ1v) is 19.6. The van der Waals surface area contributed by atoms with Gasteiger partial charge in [0.15, 0.2) is 0 Å². The molecule has 9 rings (SSSR count). The first kappa shape index (κ1) is 37.0. The van der Waals surface area contributed by atoms with Gasteiger partial charge in [-0.2, -0.15) is 5.26 Å². The molecular formula is C52H41N5O2. The minimum Gasteiger partial charge on any atom is -0.478 e. The summed E-state index contributed by atoms with van der Waals surface area (Å²) in [5, 5.41) is 19.4. The number of hydrogen-bond donors (Lipinski definition) is 3. The molecule has 7 nitrogen and oxygen atoms in total. The Kier molecular flexibility index (Phi) is 9.06. The summed E-state index contributed by atoms with van der Waals surface area (Å²) in [5.74, 6) is -0.979. The van der Waals surface area contributed by atoms with Crippen LogP contribution < -0.4 is 0 Å². The minimum absolute atomic E-state index is 0.214. The van der Waals surface area contributed by atoms with E-state index in [1.165, 1.54) is 11.1 Å². The number of nitriles is 1. The van der Waals surface area contributed by atoms with Crippen LogP contribution in [0.2, 0.25) is 0 Å². The number of aromatic amines is 2. The lowest BCUT2D eigenvalue weighted by Crippen LogP contribution is -1.96. The van der Waals surface area contributed by atoms with Gasteiger partial charge in [-0.25, -0.2) is 14.8 Å². The molecule has 5 heterocycles. The highest BCUT2D eigenvalue weighted by Gasteiger charge is 2.22. The summed E-state index contributed by atoms with van der Waals surface area (Å²) in [6, 6.07) is 34.2. The van der Waals surface area contributed by atoms with E-state index >= 15 is 0 Å². The fourth-order valence-electron chi connectivity index (χ4n) is 8.98. The molecule has 4 aromatic carbocycles. The van der Waals surface area contributed by atoms with Crippen molar-refractivity contribution < 1.29 is 9.90 Å². The number of H-pyrrole nitrogens is 2. The second kappa shape index (κ2) is 14.4. The van der Waals surface area contributed by atoms with Crippen molar-refractivity contribution in [1.29, 1.82) is 5.26 Å². The molecule has 0 fully saturated rings. The quantitative estimate of drug-likeness (QED) is 0.161. The molecule has 0 saturated heterocycles. The van der Waals surface area contributed by atoms with Gasteiger partial charge in [-0.1, -0.05) is 59.7 Å². The van der Waals surface area contributed by atoms with Gasteiger partial charge in [0.2, 0.25) is 0 Å². The summed E-state index contributed by atoms with van der Waals surface area (Å²) >= 11 is 0. The Labute approximate surface area is 342 Å². The standard InChI is InChI=1S/C52H41N5O2/c1-28-23-30(3)46(31(4)24-28)50-42-19-15-38(54-42)48(35-9-7-34(27-53)8-10-35)39-16-20-43(55-39)51(47-32(5)25-29(2)26-33(47)6)45-22-18-41(57-45)49(40-17-21-44(50)56-40)36-11-13-37(14-12-36)52(58)59/h7-26,54,57H,1-6H3,(H,58,59). The number of carbonyl (C=O) groups is 1. The second-order valence-corrected chi connectivity index (χ2v) is 15.6. The Morgan fingerprint density at radius 1 is 0.492 bits per heavy atom. The molecule has 3 N–H and O–H groups in total. The van der Waals surface area contributed by atoms with Crippen LogP contribution in [0, 0.1) is 52.9 Å². The van der Waals surface area contributed by atoms with Gasteiger partial charge in [0.1, 0.15) is 0 Å². The summed E-state index contributed by atoms with van der Waals surface area (Å²) in [6.45, 7) is 12.8. The molecule has 0 unspecified atom stereocenters. The molecule has 7 aromatic rings. The van der Waals surface area contributed by atoms with Crippen molar-refractivity contribution in [3.63, 3.8) is 0 Å². The summed E-state index contributed by atoms with van der Waals surface area (Å²) in [4.78, 5) is 30.4. The summed E-state index contributed by atoms with van der Waals surface area (Å²) in [7, 11) is 0. The van der Waals surface area contributed by atoms with Crippen LogP contribution in [0.1, 0.15) is 72.1 Å². The lowest BCUT2D eigenvalue weighted by molar-refractivity contribution is 0.0697. The van der Waals surface area contributed by atoms with Gasteiger partial charge >= 0.3 is 5.97 Å². The van der Waals surface area contributed by atoms with E-state index in [1.54, 1.807) is 12.1 Å². The molecule has 0 radical (unpaired) electrons. The van der Waals surface area contributed by atoms with Crippen molar-refractivity contribution in [1.82, 2.24) is 19.9 Å². The second-order valence-electron chi connectivity index (χ2n) is 15.6. The maximum atomic E-state index is 11.9. The fraction of sp³-hybridized carbons (Fsp3) is 0.115. The number of rotatable bonds is 5. The van der Waals surface area contributed by atoms with Crippen LogP contribution in [0.25, 0.3) is 90.9 Å². The Hall–Kier alpha value is -7.56. The van der Waals surface area contributed by atoms with Gasteiger partial charge in [0.25, 0.3) is 0 Å². The molecule has 0 saturated carbocycles. The van der Waals surface area contributed by atoms with E-state index in [-0.39, 0.29) is 5.56 Å². The largest absolute Gasteiger partial charge is 0.478 e. The topological polar surface area (TPSA) is 118 Å². The van der Waals surface area contributed by atoms with Crippen molar-refractivity contribution in [2.24, 2.45) is 0 Å². The van der Waals surface area contributed by atoms with E-state index in [2.05, 4.69) is 130 Å². The highest BCUT2D eigenvalue weighted by Crippen LogP contribution is 2.41. The third kappa shape index (κ3) is 6.55. The van der Waals surface area contributed by atoms with Gasteiger partial charge in [-0.05, 0) is 159 Å². The van der Waals surface area contributed by atoms with Crippen LogP contribution in [-0.2, 0) is 0 Å². The van der Waals surface area contributed by atoms with Gasteiger partial charge in [-0.3, -0.25) is 0 Å². The smallest absolute Gasteiger partial charge is 0.335 e. The number of aromatic nitrogens is 4.